The number of anilines is 1. The van der Waals surface area contributed by atoms with Gasteiger partial charge in [-0.15, -0.1) is 0 Å². The Labute approximate surface area is 151 Å². The summed E-state index contributed by atoms with van der Waals surface area (Å²) in [6.07, 6.45) is 0.974. The summed E-state index contributed by atoms with van der Waals surface area (Å²) in [6, 6.07) is 14.1. The van der Waals surface area contributed by atoms with E-state index in [1.54, 1.807) is 56.0 Å². The zero-order chi connectivity index (χ0) is 18.7. The highest BCUT2D eigenvalue weighted by atomic mass is 16.6. The normalized spacial score (nSPS) is 11.2. The number of aromatic nitrogens is 2. The van der Waals surface area contributed by atoms with Crippen molar-refractivity contribution >= 4 is 28.7 Å². The van der Waals surface area contributed by atoms with Crippen LogP contribution < -0.4 is 10.7 Å². The summed E-state index contributed by atoms with van der Waals surface area (Å²) in [5.41, 5.74) is 4.63. The smallest absolute Gasteiger partial charge is 0.412 e. The largest absolute Gasteiger partial charge is 0.444 e. The van der Waals surface area contributed by atoms with Gasteiger partial charge in [-0.1, -0.05) is 18.2 Å². The molecule has 0 atom stereocenters. The van der Waals surface area contributed by atoms with Crippen LogP contribution in [0.5, 0.6) is 0 Å². The van der Waals surface area contributed by atoms with E-state index >= 15 is 0 Å². The van der Waals surface area contributed by atoms with Crippen molar-refractivity contribution < 1.29 is 14.3 Å². The number of para-hydroxylation sites is 2. The summed E-state index contributed by atoms with van der Waals surface area (Å²) in [7, 11) is 0. The molecule has 0 saturated heterocycles. The van der Waals surface area contributed by atoms with Crippen LogP contribution in [0.4, 0.5) is 10.5 Å². The highest BCUT2D eigenvalue weighted by molar-refractivity contribution is 6.02. The summed E-state index contributed by atoms with van der Waals surface area (Å²) in [6.45, 7) is 5.35. The molecule has 3 aromatic rings. The lowest BCUT2D eigenvalue weighted by atomic mass is 10.2. The van der Waals surface area contributed by atoms with Crippen molar-refractivity contribution in [3.05, 3.63) is 60.4 Å². The van der Waals surface area contributed by atoms with Gasteiger partial charge in [0.2, 0.25) is 0 Å². The molecule has 0 aliphatic carbocycles. The number of hydrogen-bond donors (Lipinski definition) is 2. The van der Waals surface area contributed by atoms with Crippen molar-refractivity contribution in [3.8, 4) is 0 Å². The van der Waals surface area contributed by atoms with E-state index in [9.17, 15) is 9.59 Å². The summed E-state index contributed by atoms with van der Waals surface area (Å²) >= 11 is 0. The molecule has 0 radical (unpaired) electrons. The molecule has 0 unspecified atom stereocenters. The molecule has 2 N–H and O–H groups in total. The zero-order valence-electron chi connectivity index (χ0n) is 14.8. The first-order chi connectivity index (χ1) is 12.3. The number of carbonyl (C=O) groups excluding carboxylic acids is 2. The number of nitrogens with zero attached hydrogens (tertiary/aromatic N) is 2. The minimum absolute atomic E-state index is 0.319. The van der Waals surface area contributed by atoms with Gasteiger partial charge >= 0.3 is 6.09 Å². The third-order valence-electron chi connectivity index (χ3n) is 3.45. The topological polar surface area (TPSA) is 85.2 Å². The SMILES string of the molecule is CC(C)(C)OC(=O)Nc1cccc(C(=O)Nn2cnc3ccccc32)c1. The molecular formula is C19H20N4O3. The summed E-state index contributed by atoms with van der Waals surface area (Å²) in [4.78, 5) is 28.6. The van der Waals surface area contributed by atoms with E-state index in [1.807, 2.05) is 24.3 Å². The highest BCUT2D eigenvalue weighted by Crippen LogP contribution is 2.15. The lowest BCUT2D eigenvalue weighted by Crippen LogP contribution is -2.27. The molecule has 1 aromatic heterocycles. The van der Waals surface area contributed by atoms with E-state index in [1.165, 1.54) is 0 Å². The van der Waals surface area contributed by atoms with Crippen LogP contribution in [0, 0.1) is 0 Å². The molecule has 3 rings (SSSR count). The standard InChI is InChI=1S/C19H20N4O3/c1-19(2,3)26-18(25)21-14-8-6-7-13(11-14)17(24)22-23-12-20-15-9-4-5-10-16(15)23/h4-12H,1-3H3,(H,21,25)(H,22,24). The van der Waals surface area contributed by atoms with E-state index in [4.69, 9.17) is 4.74 Å². The van der Waals surface area contributed by atoms with Gasteiger partial charge in [-0.3, -0.25) is 15.5 Å². The van der Waals surface area contributed by atoms with Crippen molar-refractivity contribution in [1.82, 2.24) is 9.66 Å². The van der Waals surface area contributed by atoms with E-state index in [0.29, 0.717) is 11.3 Å². The van der Waals surface area contributed by atoms with Gasteiger partial charge in [0.15, 0.2) is 0 Å². The average Bonchev–Trinajstić information content (AvgIpc) is 2.96. The molecule has 0 saturated carbocycles. The van der Waals surface area contributed by atoms with Crippen LogP contribution in [0.15, 0.2) is 54.9 Å². The molecule has 0 fully saturated rings. The highest BCUT2D eigenvalue weighted by Gasteiger charge is 2.16. The maximum atomic E-state index is 12.5. The Morgan fingerprint density at radius 2 is 1.85 bits per heavy atom. The number of amides is 2. The fourth-order valence-corrected chi connectivity index (χ4v) is 2.38. The predicted molar refractivity (Wildman–Crippen MR) is 99.7 cm³/mol. The second kappa shape index (κ2) is 6.87. The van der Waals surface area contributed by atoms with Crippen LogP contribution in [0.25, 0.3) is 11.0 Å². The molecule has 134 valence electrons. The number of benzene rings is 2. The Hall–Kier alpha value is -3.35. The van der Waals surface area contributed by atoms with Crippen LogP contribution >= 0.6 is 0 Å². The molecule has 0 aliphatic heterocycles. The molecule has 7 heteroatoms. The van der Waals surface area contributed by atoms with Crippen molar-refractivity contribution in [2.45, 2.75) is 26.4 Å². The van der Waals surface area contributed by atoms with Crippen LogP contribution in [0.3, 0.4) is 0 Å². The van der Waals surface area contributed by atoms with Crippen molar-refractivity contribution in [1.29, 1.82) is 0 Å². The maximum Gasteiger partial charge on any atom is 0.412 e. The van der Waals surface area contributed by atoms with Crippen LogP contribution in [-0.4, -0.2) is 27.3 Å². The zero-order valence-corrected chi connectivity index (χ0v) is 14.8. The molecule has 0 spiro atoms. The Kier molecular flexibility index (Phi) is 4.62. The third-order valence-corrected chi connectivity index (χ3v) is 3.45. The molecule has 2 amide bonds. The maximum absolute atomic E-state index is 12.5. The van der Waals surface area contributed by atoms with Gasteiger partial charge in [0, 0.05) is 11.3 Å². The predicted octanol–water partition coefficient (Wildman–Crippen LogP) is 3.77. The van der Waals surface area contributed by atoms with Crippen molar-refractivity contribution in [2.24, 2.45) is 0 Å². The van der Waals surface area contributed by atoms with Gasteiger partial charge in [-0.2, -0.15) is 0 Å². The van der Waals surface area contributed by atoms with Gasteiger partial charge in [0.1, 0.15) is 11.9 Å². The van der Waals surface area contributed by atoms with Crippen molar-refractivity contribution in [2.75, 3.05) is 10.7 Å². The fourth-order valence-electron chi connectivity index (χ4n) is 2.38. The van der Waals surface area contributed by atoms with E-state index in [0.717, 1.165) is 11.0 Å². The monoisotopic (exact) mass is 352 g/mol. The number of carbonyl (C=O) groups is 2. The van der Waals surface area contributed by atoms with Crippen molar-refractivity contribution in [3.63, 3.8) is 0 Å². The number of ether oxygens (including phenoxy) is 1. The minimum atomic E-state index is -0.596. The van der Waals surface area contributed by atoms with Gasteiger partial charge < -0.3 is 4.74 Å². The summed E-state index contributed by atoms with van der Waals surface area (Å²) < 4.78 is 6.77. The van der Waals surface area contributed by atoms with E-state index < -0.39 is 11.7 Å². The lowest BCUT2D eigenvalue weighted by Gasteiger charge is -2.19. The molecule has 0 bridgehead atoms. The number of fused-ring (bicyclic) bond motifs is 1. The first-order valence-corrected chi connectivity index (χ1v) is 8.15. The summed E-state index contributed by atoms with van der Waals surface area (Å²) in [5, 5.41) is 2.62. The Bertz CT molecular complexity index is 957. The van der Waals surface area contributed by atoms with Gasteiger partial charge in [-0.05, 0) is 51.1 Å². The lowest BCUT2D eigenvalue weighted by molar-refractivity contribution is 0.0635. The number of hydrogen-bond acceptors (Lipinski definition) is 4. The Morgan fingerprint density at radius 3 is 2.62 bits per heavy atom. The van der Waals surface area contributed by atoms with Crippen LogP contribution in [-0.2, 0) is 4.74 Å². The second-order valence-electron chi connectivity index (χ2n) is 6.75. The molecular weight excluding hydrogens is 332 g/mol. The van der Waals surface area contributed by atoms with Gasteiger partial charge in [0.25, 0.3) is 5.91 Å². The number of rotatable bonds is 3. The first kappa shape index (κ1) is 17.5. The number of imidazole rings is 1. The molecule has 0 aliphatic rings. The quantitative estimate of drug-likeness (QED) is 0.751. The Balaban J connectivity index is 1.73. The van der Waals surface area contributed by atoms with E-state index in [-0.39, 0.29) is 5.91 Å². The molecule has 26 heavy (non-hydrogen) atoms. The summed E-state index contributed by atoms with van der Waals surface area (Å²) in [5.74, 6) is -0.319. The molecule has 7 nitrogen and oxygen atoms in total. The Morgan fingerprint density at radius 1 is 1.08 bits per heavy atom. The fraction of sp³-hybridized carbons (Fsp3) is 0.211. The van der Waals surface area contributed by atoms with Crippen LogP contribution in [0.1, 0.15) is 31.1 Å². The minimum Gasteiger partial charge on any atom is -0.444 e. The average molecular weight is 352 g/mol. The first-order valence-electron chi connectivity index (χ1n) is 8.15. The van der Waals surface area contributed by atoms with E-state index in [2.05, 4.69) is 15.7 Å². The van der Waals surface area contributed by atoms with Gasteiger partial charge in [0.05, 0.1) is 11.0 Å². The van der Waals surface area contributed by atoms with Gasteiger partial charge in [-0.25, -0.2) is 14.5 Å². The number of nitrogens with one attached hydrogen (secondary N) is 2. The molecule has 1 heterocycles. The second-order valence-corrected chi connectivity index (χ2v) is 6.75. The third kappa shape index (κ3) is 4.18. The molecule has 2 aromatic carbocycles. The van der Waals surface area contributed by atoms with Crippen LogP contribution in [0.2, 0.25) is 0 Å².